The third-order valence-electron chi connectivity index (χ3n) is 9.94. The monoisotopic (exact) mass is 581 g/mol. The molecular formula is C33H44ClN3O4. The largest absolute Gasteiger partial charge is 0.497 e. The molecule has 6 rings (SSSR count). The summed E-state index contributed by atoms with van der Waals surface area (Å²) in [6.45, 7) is 5.79. The van der Waals surface area contributed by atoms with Crippen molar-refractivity contribution in [1.29, 1.82) is 0 Å². The van der Waals surface area contributed by atoms with E-state index in [9.17, 15) is 9.59 Å². The summed E-state index contributed by atoms with van der Waals surface area (Å²) in [5.41, 5.74) is 2.24. The van der Waals surface area contributed by atoms with Crippen molar-refractivity contribution in [3.63, 3.8) is 0 Å². The lowest BCUT2D eigenvalue weighted by atomic mass is 9.76. The molecule has 1 saturated carbocycles. The number of hydrogen-bond acceptors (Lipinski definition) is 5. The van der Waals surface area contributed by atoms with Crippen LogP contribution in [0.15, 0.2) is 54.6 Å². The SMILES string of the molecule is COc1ccc(CN2CCC3(CCN(C[C@H]4CN(C(=O)OC5CCCC5)C[C@@H]4c4ccccc4)CC3)C2=O)cc1.Cl. The van der Waals surface area contributed by atoms with Crippen LogP contribution in [0.4, 0.5) is 4.79 Å². The van der Waals surface area contributed by atoms with Crippen molar-refractivity contribution >= 4 is 24.4 Å². The third-order valence-corrected chi connectivity index (χ3v) is 9.94. The maximum atomic E-state index is 13.6. The Bertz CT molecular complexity index is 1160. The first-order chi connectivity index (χ1) is 19.5. The number of nitrogens with zero attached hydrogens (tertiary/aromatic N) is 3. The lowest BCUT2D eigenvalue weighted by Crippen LogP contribution is -2.46. The van der Waals surface area contributed by atoms with Gasteiger partial charge >= 0.3 is 6.09 Å². The van der Waals surface area contributed by atoms with Crippen molar-refractivity contribution in [3.05, 3.63) is 65.7 Å². The van der Waals surface area contributed by atoms with Gasteiger partial charge in [0.25, 0.3) is 0 Å². The number of hydrogen-bond donors (Lipinski definition) is 0. The molecule has 0 aromatic heterocycles. The fourth-order valence-corrected chi connectivity index (χ4v) is 7.46. The Hall–Kier alpha value is -2.77. The van der Waals surface area contributed by atoms with E-state index in [1.54, 1.807) is 7.11 Å². The highest BCUT2D eigenvalue weighted by atomic mass is 35.5. The lowest BCUT2D eigenvalue weighted by molar-refractivity contribution is -0.139. The number of rotatable bonds is 7. The minimum atomic E-state index is -0.214. The summed E-state index contributed by atoms with van der Waals surface area (Å²) >= 11 is 0. The van der Waals surface area contributed by atoms with Gasteiger partial charge in [0, 0.05) is 38.6 Å². The first-order valence-corrected chi connectivity index (χ1v) is 15.2. The van der Waals surface area contributed by atoms with E-state index in [1.807, 2.05) is 21.9 Å². The summed E-state index contributed by atoms with van der Waals surface area (Å²) in [5.74, 6) is 1.83. The zero-order valence-corrected chi connectivity index (χ0v) is 25.0. The van der Waals surface area contributed by atoms with Gasteiger partial charge in [0.15, 0.2) is 0 Å². The van der Waals surface area contributed by atoms with E-state index in [4.69, 9.17) is 9.47 Å². The molecule has 0 N–H and O–H groups in total. The summed E-state index contributed by atoms with van der Waals surface area (Å²) < 4.78 is 11.2. The zero-order chi connectivity index (χ0) is 27.5. The Kier molecular flexibility index (Phi) is 9.45. The molecule has 4 aliphatic rings. The van der Waals surface area contributed by atoms with Gasteiger partial charge in [-0.2, -0.15) is 0 Å². The van der Waals surface area contributed by atoms with E-state index in [1.165, 1.54) is 5.56 Å². The van der Waals surface area contributed by atoms with Crippen LogP contribution < -0.4 is 4.74 Å². The van der Waals surface area contributed by atoms with Gasteiger partial charge in [0.05, 0.1) is 12.5 Å². The molecule has 1 spiro atoms. The van der Waals surface area contributed by atoms with Crippen molar-refractivity contribution in [1.82, 2.24) is 14.7 Å². The van der Waals surface area contributed by atoms with Gasteiger partial charge in [-0.05, 0) is 87.2 Å². The molecule has 2 amide bonds. The van der Waals surface area contributed by atoms with Crippen LogP contribution in [0, 0.1) is 11.3 Å². The number of methoxy groups -OCH3 is 1. The number of halogens is 1. The van der Waals surface area contributed by atoms with Gasteiger partial charge in [-0.1, -0.05) is 42.5 Å². The zero-order valence-electron chi connectivity index (χ0n) is 24.2. The number of ether oxygens (including phenoxy) is 2. The van der Waals surface area contributed by atoms with E-state index in [0.29, 0.717) is 24.3 Å². The Morgan fingerprint density at radius 2 is 1.61 bits per heavy atom. The van der Waals surface area contributed by atoms with Crippen molar-refractivity contribution in [2.24, 2.45) is 11.3 Å². The topological polar surface area (TPSA) is 62.3 Å². The van der Waals surface area contributed by atoms with Crippen LogP contribution in [-0.4, -0.2) is 79.2 Å². The summed E-state index contributed by atoms with van der Waals surface area (Å²) in [6.07, 6.45) is 7.05. The van der Waals surface area contributed by atoms with Crippen LogP contribution in [0.25, 0.3) is 0 Å². The van der Waals surface area contributed by atoms with Gasteiger partial charge in [0.1, 0.15) is 11.9 Å². The molecule has 0 bridgehead atoms. The molecule has 0 radical (unpaired) electrons. The van der Waals surface area contributed by atoms with Gasteiger partial charge in [-0.3, -0.25) is 4.79 Å². The predicted molar refractivity (Wildman–Crippen MR) is 161 cm³/mol. The highest BCUT2D eigenvalue weighted by Crippen LogP contribution is 2.43. The Labute approximate surface area is 250 Å². The predicted octanol–water partition coefficient (Wildman–Crippen LogP) is 5.73. The van der Waals surface area contributed by atoms with E-state index < -0.39 is 0 Å². The normalized spacial score (nSPS) is 24.6. The van der Waals surface area contributed by atoms with Crippen molar-refractivity contribution < 1.29 is 19.1 Å². The Morgan fingerprint density at radius 1 is 0.927 bits per heavy atom. The highest BCUT2D eigenvalue weighted by Gasteiger charge is 2.48. The lowest BCUT2D eigenvalue weighted by Gasteiger charge is -2.39. The first kappa shape index (κ1) is 29.7. The van der Waals surface area contributed by atoms with Gasteiger partial charge in [0.2, 0.25) is 5.91 Å². The van der Waals surface area contributed by atoms with Crippen molar-refractivity contribution in [2.45, 2.75) is 63.5 Å². The number of likely N-dealkylation sites (tertiary alicyclic amines) is 3. The molecule has 2 aromatic rings. The summed E-state index contributed by atoms with van der Waals surface area (Å²) in [7, 11) is 1.67. The van der Waals surface area contributed by atoms with Crippen molar-refractivity contribution in [3.8, 4) is 5.75 Å². The fraction of sp³-hybridized carbons (Fsp3) is 0.576. The standard InChI is InChI=1S/C33H43N3O4.ClH/c1-39-28-13-11-25(12-14-28)21-35-20-17-33(31(35)37)15-18-34(19-16-33)22-27-23-36(32(38)40-29-9-5-6-10-29)24-30(27)26-7-3-2-4-8-26;/h2-4,7-8,11-14,27,29-30H,5-6,9-10,15-24H2,1H3;1H/t27-,30+;/m0./s1. The molecule has 3 saturated heterocycles. The number of carbonyl (C=O) groups is 2. The maximum absolute atomic E-state index is 13.6. The molecule has 41 heavy (non-hydrogen) atoms. The fourth-order valence-electron chi connectivity index (χ4n) is 7.46. The summed E-state index contributed by atoms with van der Waals surface area (Å²) in [4.78, 5) is 33.2. The minimum absolute atomic E-state index is 0. The highest BCUT2D eigenvalue weighted by molar-refractivity contribution is 5.85. The van der Waals surface area contributed by atoms with Crippen LogP contribution in [0.5, 0.6) is 5.75 Å². The molecule has 1 aliphatic carbocycles. The van der Waals surface area contributed by atoms with Crippen LogP contribution in [0.3, 0.4) is 0 Å². The van der Waals surface area contributed by atoms with Gasteiger partial charge < -0.3 is 24.2 Å². The van der Waals surface area contributed by atoms with Gasteiger partial charge in [-0.25, -0.2) is 4.79 Å². The molecule has 8 heteroatoms. The molecule has 7 nitrogen and oxygen atoms in total. The number of carbonyl (C=O) groups excluding carboxylic acids is 2. The molecule has 3 aliphatic heterocycles. The molecule has 2 atom stereocenters. The first-order valence-electron chi connectivity index (χ1n) is 15.2. The number of amides is 2. The average molecular weight is 582 g/mol. The molecule has 0 unspecified atom stereocenters. The molecule has 4 fully saturated rings. The Morgan fingerprint density at radius 3 is 2.29 bits per heavy atom. The van der Waals surface area contributed by atoms with Crippen LogP contribution in [-0.2, 0) is 16.1 Å². The van der Waals surface area contributed by atoms with E-state index >= 15 is 0 Å². The molecule has 222 valence electrons. The summed E-state index contributed by atoms with van der Waals surface area (Å²) in [5, 5.41) is 0. The van der Waals surface area contributed by atoms with Crippen LogP contribution in [0.1, 0.15) is 62.0 Å². The van der Waals surface area contributed by atoms with E-state index in [2.05, 4.69) is 47.4 Å². The van der Waals surface area contributed by atoms with E-state index in [0.717, 1.165) is 95.5 Å². The minimum Gasteiger partial charge on any atom is -0.497 e. The van der Waals surface area contributed by atoms with Gasteiger partial charge in [-0.15, -0.1) is 12.4 Å². The van der Waals surface area contributed by atoms with Crippen LogP contribution in [0.2, 0.25) is 0 Å². The maximum Gasteiger partial charge on any atom is 0.410 e. The van der Waals surface area contributed by atoms with E-state index in [-0.39, 0.29) is 30.0 Å². The van der Waals surface area contributed by atoms with Crippen molar-refractivity contribution in [2.75, 3.05) is 46.4 Å². The smallest absolute Gasteiger partial charge is 0.410 e. The third kappa shape index (κ3) is 6.51. The quantitative estimate of drug-likeness (QED) is 0.418. The van der Waals surface area contributed by atoms with Crippen LogP contribution >= 0.6 is 12.4 Å². The number of benzene rings is 2. The molecule has 3 heterocycles. The molecular weight excluding hydrogens is 538 g/mol. The molecule has 2 aromatic carbocycles. The number of piperidine rings is 1. The second-order valence-electron chi connectivity index (χ2n) is 12.4. The second kappa shape index (κ2) is 13.0. The Balaban J connectivity index is 0.00000337. The summed E-state index contributed by atoms with van der Waals surface area (Å²) in [6, 6.07) is 18.7. The average Bonchev–Trinajstić information content (AvgIpc) is 3.72. The second-order valence-corrected chi connectivity index (χ2v) is 12.4.